The molecule has 19 heteroatoms. The van der Waals surface area contributed by atoms with Crippen LogP contribution in [0.25, 0.3) is 0 Å². The Kier molecular flexibility index (Phi) is 70.2. The van der Waals surface area contributed by atoms with E-state index in [1.165, 1.54) is 340 Å². The van der Waals surface area contributed by atoms with Crippen molar-refractivity contribution in [2.45, 2.75) is 529 Å². The molecule has 3 fully saturated rings. The van der Waals surface area contributed by atoms with E-state index < -0.39 is 124 Å². The van der Waals surface area contributed by atoms with Crippen molar-refractivity contribution in [3.63, 3.8) is 0 Å². The molecule has 3 aliphatic rings. The van der Waals surface area contributed by atoms with Gasteiger partial charge in [0.25, 0.3) is 0 Å². The molecule has 676 valence electrons. The third-order valence-electron chi connectivity index (χ3n) is 24.1. The Hall–Kier alpha value is -2.25. The summed E-state index contributed by atoms with van der Waals surface area (Å²) >= 11 is 0. The number of hydrogen-bond donors (Lipinski definition) is 12. The lowest BCUT2D eigenvalue weighted by atomic mass is 9.96. The first-order valence-corrected chi connectivity index (χ1v) is 48.4. The zero-order chi connectivity index (χ0) is 83.1. The summed E-state index contributed by atoms with van der Waals surface area (Å²) in [7, 11) is 0. The molecular formula is C96H179NO18. The van der Waals surface area contributed by atoms with Gasteiger partial charge in [-0.3, -0.25) is 4.79 Å². The molecular weight excluding hydrogens is 1460 g/mol. The molecule has 19 nitrogen and oxygen atoms in total. The molecule has 3 heterocycles. The van der Waals surface area contributed by atoms with Gasteiger partial charge in [0.05, 0.1) is 38.6 Å². The van der Waals surface area contributed by atoms with Crippen LogP contribution in [0.3, 0.4) is 0 Å². The van der Waals surface area contributed by atoms with Crippen molar-refractivity contribution in [3.05, 3.63) is 48.6 Å². The topological polar surface area (TPSA) is 307 Å². The number of carbonyl (C=O) groups is 1. The second kappa shape index (κ2) is 75.5. The number of hydrogen-bond acceptors (Lipinski definition) is 18. The molecule has 0 radical (unpaired) electrons. The Bertz CT molecular complexity index is 2260. The number of aliphatic hydroxyl groups is 11. The molecule has 115 heavy (non-hydrogen) atoms. The number of allylic oxidation sites excluding steroid dienone is 7. The zero-order valence-corrected chi connectivity index (χ0v) is 73.3. The first kappa shape index (κ1) is 107. The van der Waals surface area contributed by atoms with Gasteiger partial charge in [-0.1, -0.05) is 409 Å². The minimum Gasteiger partial charge on any atom is -0.394 e. The van der Waals surface area contributed by atoms with E-state index in [2.05, 4.69) is 55.6 Å². The highest BCUT2D eigenvalue weighted by Crippen LogP contribution is 2.34. The number of nitrogens with one attached hydrogen (secondary N) is 1. The van der Waals surface area contributed by atoms with Crippen LogP contribution in [0.4, 0.5) is 0 Å². The fourth-order valence-corrected chi connectivity index (χ4v) is 16.4. The van der Waals surface area contributed by atoms with E-state index in [9.17, 15) is 61.0 Å². The fraction of sp³-hybridized carbons (Fsp3) is 0.906. The predicted molar refractivity (Wildman–Crippen MR) is 466 cm³/mol. The van der Waals surface area contributed by atoms with Crippen LogP contribution < -0.4 is 5.32 Å². The summed E-state index contributed by atoms with van der Waals surface area (Å²) in [5.41, 5.74) is 0. The Morgan fingerprint density at radius 1 is 0.313 bits per heavy atom. The Morgan fingerprint density at radius 2 is 0.574 bits per heavy atom. The van der Waals surface area contributed by atoms with Crippen LogP contribution in [-0.2, 0) is 33.2 Å². The van der Waals surface area contributed by atoms with E-state index in [0.29, 0.717) is 6.42 Å². The molecule has 1 amide bonds. The number of carbonyl (C=O) groups excluding carboxylic acids is 1. The van der Waals surface area contributed by atoms with Crippen LogP contribution in [0, 0.1) is 0 Å². The maximum Gasteiger partial charge on any atom is 0.220 e. The molecule has 0 aromatic rings. The van der Waals surface area contributed by atoms with E-state index in [1.807, 2.05) is 6.08 Å². The first-order chi connectivity index (χ1) is 56.3. The van der Waals surface area contributed by atoms with Crippen molar-refractivity contribution in [3.8, 4) is 0 Å². The lowest BCUT2D eigenvalue weighted by molar-refractivity contribution is -0.379. The Labute approximate surface area is 701 Å². The molecule has 0 spiro atoms. The van der Waals surface area contributed by atoms with Gasteiger partial charge in [0, 0.05) is 6.42 Å². The average Bonchev–Trinajstić information content (AvgIpc) is 0.779. The summed E-state index contributed by atoms with van der Waals surface area (Å²) in [4.78, 5) is 13.5. The molecule has 3 aliphatic heterocycles. The van der Waals surface area contributed by atoms with Crippen LogP contribution >= 0.6 is 0 Å². The summed E-state index contributed by atoms with van der Waals surface area (Å²) in [5, 5.41) is 121. The molecule has 12 N–H and O–H groups in total. The quantitative estimate of drug-likeness (QED) is 0.0199. The monoisotopic (exact) mass is 1630 g/mol. The van der Waals surface area contributed by atoms with Gasteiger partial charge in [-0.25, -0.2) is 0 Å². The number of aliphatic hydroxyl groups excluding tert-OH is 11. The minimum absolute atomic E-state index is 0.247. The third-order valence-corrected chi connectivity index (χ3v) is 24.1. The number of unbranched alkanes of at least 4 members (excludes halogenated alkanes) is 58. The molecule has 0 bridgehead atoms. The van der Waals surface area contributed by atoms with E-state index >= 15 is 0 Å². The van der Waals surface area contributed by atoms with E-state index in [0.717, 1.165) is 57.8 Å². The highest BCUT2D eigenvalue weighted by Gasteiger charge is 2.54. The molecule has 0 aliphatic carbocycles. The van der Waals surface area contributed by atoms with Crippen LogP contribution in [0.2, 0.25) is 0 Å². The van der Waals surface area contributed by atoms with E-state index in [1.54, 1.807) is 6.08 Å². The normalized spacial score (nSPS) is 24.8. The van der Waals surface area contributed by atoms with Crippen LogP contribution in [-0.4, -0.2) is 193 Å². The summed E-state index contributed by atoms with van der Waals surface area (Å²) in [6, 6.07) is -0.975. The lowest BCUT2D eigenvalue weighted by Gasteiger charge is -2.48. The molecule has 3 rings (SSSR count). The van der Waals surface area contributed by atoms with Gasteiger partial charge in [-0.05, 0) is 57.8 Å². The molecule has 17 unspecified atom stereocenters. The molecule has 3 saturated heterocycles. The zero-order valence-electron chi connectivity index (χ0n) is 73.3. The van der Waals surface area contributed by atoms with Gasteiger partial charge >= 0.3 is 0 Å². The summed E-state index contributed by atoms with van der Waals surface area (Å²) < 4.78 is 34.6. The van der Waals surface area contributed by atoms with Crippen LogP contribution in [0.5, 0.6) is 0 Å². The second-order valence-corrected chi connectivity index (χ2v) is 34.5. The van der Waals surface area contributed by atoms with Crippen molar-refractivity contribution >= 4 is 5.91 Å². The van der Waals surface area contributed by atoms with E-state index in [4.69, 9.17) is 28.4 Å². The van der Waals surface area contributed by atoms with Crippen LogP contribution in [0.15, 0.2) is 48.6 Å². The minimum atomic E-state index is -1.98. The highest BCUT2D eigenvalue weighted by atomic mass is 16.8. The number of rotatable bonds is 80. The van der Waals surface area contributed by atoms with Gasteiger partial charge in [0.1, 0.15) is 73.2 Å². The van der Waals surface area contributed by atoms with Crippen molar-refractivity contribution < 1.29 is 89.4 Å². The molecule has 0 aromatic heterocycles. The van der Waals surface area contributed by atoms with Gasteiger partial charge in [-0.2, -0.15) is 0 Å². The fourth-order valence-electron chi connectivity index (χ4n) is 16.4. The standard InChI is InChI=1S/C96H179NO18/c1-3-5-7-9-11-13-15-17-19-21-23-25-27-29-31-33-35-37-38-39-40-42-44-46-48-50-52-54-56-58-60-62-64-66-68-70-72-74-84(102)97-79(80(101)73-71-69-67-65-63-61-59-57-55-53-51-49-47-45-43-41-36-34-32-30-28-26-24-22-20-18-16-14-12-10-8-6-4-2)78-110-94-90(108)87(105)92(82(76-99)112-94)115-96-91(109)88(106)93(83(77-100)113-96)114-95-89(107)86(104)85(103)81(75-98)111-95/h15,17,21,23,27,29,71,73,79-83,85-96,98-101,103-109H,3-14,16,18-20,22,24-26,28,30-70,72,74-78H2,1-2H3,(H,97,102)/b17-15-,23-21-,29-27-,73-71+. The summed E-state index contributed by atoms with van der Waals surface area (Å²) in [6.45, 7) is 1.80. The summed E-state index contributed by atoms with van der Waals surface area (Å²) in [5.74, 6) is -0.267. The SMILES string of the molecule is CCCCCCC/C=C\C/C=C\C/C=C\CCCCCCCCCCCCCCCCCCCCCCCCC(=O)NC(COC1OC(CO)C(OC2OC(CO)C(OC3OC(CO)C(O)C(O)C3O)C(O)C2O)C(O)C1O)C(O)/C=C/CCCCCCCCCCCCCCCCCCCCCCCCCCCCCCCCC. The molecule has 17 atom stereocenters. The number of ether oxygens (including phenoxy) is 6. The predicted octanol–water partition coefficient (Wildman–Crippen LogP) is 19.5. The number of amides is 1. The lowest BCUT2D eigenvalue weighted by Crippen LogP contribution is -2.66. The maximum atomic E-state index is 13.5. The molecule has 0 saturated carbocycles. The van der Waals surface area contributed by atoms with Crippen LogP contribution in [0.1, 0.15) is 425 Å². The second-order valence-electron chi connectivity index (χ2n) is 34.5. The van der Waals surface area contributed by atoms with Gasteiger partial charge in [0.15, 0.2) is 18.9 Å². The summed E-state index contributed by atoms with van der Waals surface area (Å²) in [6.07, 6.45) is 72.8. The first-order valence-electron chi connectivity index (χ1n) is 48.4. The largest absolute Gasteiger partial charge is 0.394 e. The van der Waals surface area contributed by atoms with Crippen molar-refractivity contribution in [2.75, 3.05) is 26.4 Å². The van der Waals surface area contributed by atoms with Gasteiger partial charge in [-0.15, -0.1) is 0 Å². The van der Waals surface area contributed by atoms with Gasteiger partial charge in [0.2, 0.25) is 5.91 Å². The molecule has 0 aromatic carbocycles. The Morgan fingerprint density at radius 3 is 0.896 bits per heavy atom. The van der Waals surface area contributed by atoms with Crippen molar-refractivity contribution in [1.29, 1.82) is 0 Å². The van der Waals surface area contributed by atoms with E-state index in [-0.39, 0.29) is 18.9 Å². The maximum absolute atomic E-state index is 13.5. The third kappa shape index (κ3) is 53.4. The highest BCUT2D eigenvalue weighted by molar-refractivity contribution is 5.76. The van der Waals surface area contributed by atoms with Crippen molar-refractivity contribution in [1.82, 2.24) is 5.32 Å². The smallest absolute Gasteiger partial charge is 0.220 e. The van der Waals surface area contributed by atoms with Gasteiger partial charge < -0.3 is 89.9 Å². The Balaban J connectivity index is 1.30. The average molecular weight is 1640 g/mol. The van der Waals surface area contributed by atoms with Crippen molar-refractivity contribution in [2.24, 2.45) is 0 Å².